The molecule has 0 aromatic carbocycles. The second-order valence-electron chi connectivity index (χ2n) is 10.7. The minimum absolute atomic E-state index is 0.132. The van der Waals surface area contributed by atoms with Crippen molar-refractivity contribution in [1.82, 2.24) is 9.80 Å². The summed E-state index contributed by atoms with van der Waals surface area (Å²) in [7, 11) is 0. The largest absolute Gasteiger partial charge is 0.458 e. The molecule has 2 fully saturated rings. The van der Waals surface area contributed by atoms with Gasteiger partial charge in [0.1, 0.15) is 6.10 Å². The summed E-state index contributed by atoms with van der Waals surface area (Å²) in [6.45, 7) is 20.8. The summed E-state index contributed by atoms with van der Waals surface area (Å²) >= 11 is 0. The van der Waals surface area contributed by atoms with E-state index in [1.807, 2.05) is 6.08 Å². The SMILES string of the molecule is C=CCN1C[C@H](C)N(C[C@@H](C)[C@@H]2CC[C@@H](C)[C@]3(O)C[C@@H](OC(C)=O)C(C)=C[C@H]23)C[C@H]1C. The molecule has 1 saturated heterocycles. The molecule has 8 atom stereocenters. The highest BCUT2D eigenvalue weighted by molar-refractivity contribution is 5.66. The van der Waals surface area contributed by atoms with Crippen molar-refractivity contribution in [3.8, 4) is 0 Å². The second kappa shape index (κ2) is 9.76. The molecule has 2 aliphatic carbocycles. The van der Waals surface area contributed by atoms with Gasteiger partial charge in [-0.05, 0) is 56.9 Å². The van der Waals surface area contributed by atoms with Gasteiger partial charge in [0.15, 0.2) is 0 Å². The predicted molar refractivity (Wildman–Crippen MR) is 126 cm³/mol. The topological polar surface area (TPSA) is 53.0 Å². The summed E-state index contributed by atoms with van der Waals surface area (Å²) in [5.41, 5.74) is 0.300. The fourth-order valence-corrected chi connectivity index (χ4v) is 6.45. The average Bonchev–Trinajstić information content (AvgIpc) is 2.68. The van der Waals surface area contributed by atoms with E-state index in [1.165, 1.54) is 6.92 Å². The first kappa shape index (κ1) is 24.5. The van der Waals surface area contributed by atoms with Crippen LogP contribution in [0.25, 0.3) is 0 Å². The lowest BCUT2D eigenvalue weighted by molar-refractivity contribution is -0.159. The Morgan fingerprint density at radius 3 is 2.58 bits per heavy atom. The summed E-state index contributed by atoms with van der Waals surface area (Å²) in [5, 5.41) is 11.8. The lowest BCUT2D eigenvalue weighted by atomic mass is 9.57. The number of esters is 1. The van der Waals surface area contributed by atoms with Crippen molar-refractivity contribution in [2.75, 3.05) is 26.2 Å². The number of aliphatic hydroxyl groups is 1. The van der Waals surface area contributed by atoms with Crippen molar-refractivity contribution >= 4 is 5.97 Å². The van der Waals surface area contributed by atoms with Gasteiger partial charge >= 0.3 is 5.97 Å². The molecule has 176 valence electrons. The molecule has 0 amide bonds. The smallest absolute Gasteiger partial charge is 0.303 e. The summed E-state index contributed by atoms with van der Waals surface area (Å²) in [5.74, 6) is 1.02. The molecular weight excluding hydrogens is 388 g/mol. The number of hydrogen-bond donors (Lipinski definition) is 1. The van der Waals surface area contributed by atoms with Gasteiger partial charge in [-0.1, -0.05) is 26.0 Å². The van der Waals surface area contributed by atoms with Crippen LogP contribution < -0.4 is 0 Å². The fraction of sp³-hybridized carbons (Fsp3) is 0.808. The van der Waals surface area contributed by atoms with E-state index in [0.717, 1.165) is 44.6 Å². The molecule has 0 aromatic rings. The van der Waals surface area contributed by atoms with Crippen molar-refractivity contribution < 1.29 is 14.6 Å². The third-order valence-electron chi connectivity index (χ3n) is 8.46. The normalized spacial score (nSPS) is 40.5. The molecule has 1 N–H and O–H groups in total. The van der Waals surface area contributed by atoms with Gasteiger partial charge < -0.3 is 9.84 Å². The van der Waals surface area contributed by atoms with Crippen molar-refractivity contribution in [3.63, 3.8) is 0 Å². The Bertz CT molecular complexity index is 692. The van der Waals surface area contributed by atoms with E-state index >= 15 is 0 Å². The summed E-state index contributed by atoms with van der Waals surface area (Å²) in [4.78, 5) is 16.7. The van der Waals surface area contributed by atoms with Crippen LogP contribution in [0.2, 0.25) is 0 Å². The zero-order chi connectivity index (χ0) is 22.9. The van der Waals surface area contributed by atoms with E-state index < -0.39 is 5.60 Å². The van der Waals surface area contributed by atoms with Gasteiger partial charge in [0.2, 0.25) is 0 Å². The minimum Gasteiger partial charge on any atom is -0.458 e. The molecule has 0 bridgehead atoms. The van der Waals surface area contributed by atoms with Crippen LogP contribution in [-0.2, 0) is 9.53 Å². The third-order valence-corrected chi connectivity index (χ3v) is 8.46. The molecule has 3 rings (SSSR count). The Hall–Kier alpha value is -1.17. The van der Waals surface area contributed by atoms with E-state index in [2.05, 4.69) is 57.1 Å². The number of rotatable bonds is 6. The molecule has 1 heterocycles. The molecule has 5 nitrogen and oxygen atoms in total. The minimum atomic E-state index is -0.793. The van der Waals surface area contributed by atoms with E-state index in [1.54, 1.807) is 0 Å². The van der Waals surface area contributed by atoms with E-state index in [-0.39, 0.29) is 23.9 Å². The molecule has 31 heavy (non-hydrogen) atoms. The summed E-state index contributed by atoms with van der Waals surface area (Å²) < 4.78 is 5.55. The average molecular weight is 433 g/mol. The standard InChI is InChI=1S/C26H44N2O3/c1-8-11-27-15-21(6)28(16-20(27)5)14-18(3)23-10-9-19(4)26(30)13-25(31-22(7)29)17(2)12-24(23)26/h8,12,18-21,23-25,30H,1,9-11,13-16H2,2-7H3/t18-,19-,20-,21+,23+,24-,25-,26-/m1/s1. The van der Waals surface area contributed by atoms with Crippen molar-refractivity contribution in [1.29, 1.82) is 0 Å². The second-order valence-corrected chi connectivity index (χ2v) is 10.7. The molecule has 0 aromatic heterocycles. The Balaban J connectivity index is 1.74. The molecule has 0 radical (unpaired) electrons. The van der Waals surface area contributed by atoms with Gasteiger partial charge in [0.05, 0.1) is 5.60 Å². The van der Waals surface area contributed by atoms with Gasteiger partial charge in [-0.3, -0.25) is 14.6 Å². The molecule has 0 spiro atoms. The first-order valence-electron chi connectivity index (χ1n) is 12.2. The van der Waals surface area contributed by atoms with E-state index in [9.17, 15) is 9.90 Å². The summed E-state index contributed by atoms with van der Waals surface area (Å²) in [6.07, 6.45) is 6.65. The van der Waals surface area contributed by atoms with Crippen LogP contribution in [0, 0.1) is 23.7 Å². The molecule has 1 saturated carbocycles. The van der Waals surface area contributed by atoms with E-state index in [0.29, 0.717) is 30.3 Å². The van der Waals surface area contributed by atoms with Crippen LogP contribution in [0.5, 0.6) is 0 Å². The Kier molecular flexibility index (Phi) is 7.71. The van der Waals surface area contributed by atoms with Gasteiger partial charge in [-0.25, -0.2) is 0 Å². The molecule has 3 aliphatic rings. The summed E-state index contributed by atoms with van der Waals surface area (Å²) in [6, 6.07) is 1.06. The van der Waals surface area contributed by atoms with Crippen LogP contribution in [0.15, 0.2) is 24.3 Å². The Morgan fingerprint density at radius 2 is 1.94 bits per heavy atom. The van der Waals surface area contributed by atoms with Crippen LogP contribution >= 0.6 is 0 Å². The highest BCUT2D eigenvalue weighted by Crippen LogP contribution is 2.51. The van der Waals surface area contributed by atoms with Crippen LogP contribution in [-0.4, -0.2) is 70.8 Å². The number of carbonyl (C=O) groups is 1. The molecule has 1 aliphatic heterocycles. The zero-order valence-corrected chi connectivity index (χ0v) is 20.5. The van der Waals surface area contributed by atoms with Gasteiger partial charge in [0.25, 0.3) is 0 Å². The van der Waals surface area contributed by atoms with Gasteiger partial charge in [0, 0.05) is 57.5 Å². The maximum atomic E-state index is 11.8. The number of carbonyl (C=O) groups excluding carboxylic acids is 1. The van der Waals surface area contributed by atoms with Gasteiger partial charge in [-0.2, -0.15) is 0 Å². The number of nitrogens with zero attached hydrogens (tertiary/aromatic N) is 2. The maximum Gasteiger partial charge on any atom is 0.303 e. The maximum absolute atomic E-state index is 11.8. The van der Waals surface area contributed by atoms with Crippen LogP contribution in [0.3, 0.4) is 0 Å². The molecule has 5 heteroatoms. The van der Waals surface area contributed by atoms with Crippen LogP contribution in [0.1, 0.15) is 60.8 Å². The van der Waals surface area contributed by atoms with Gasteiger partial charge in [-0.15, -0.1) is 6.58 Å². The Labute approximate surface area is 189 Å². The van der Waals surface area contributed by atoms with E-state index in [4.69, 9.17) is 4.74 Å². The van der Waals surface area contributed by atoms with Crippen molar-refractivity contribution in [3.05, 3.63) is 24.3 Å². The number of piperazine rings is 1. The van der Waals surface area contributed by atoms with Crippen LogP contribution in [0.4, 0.5) is 0 Å². The van der Waals surface area contributed by atoms with Crippen molar-refractivity contribution in [2.24, 2.45) is 23.7 Å². The lowest BCUT2D eigenvalue weighted by Crippen LogP contribution is -2.59. The highest BCUT2D eigenvalue weighted by Gasteiger charge is 2.53. The number of hydrogen-bond acceptors (Lipinski definition) is 5. The predicted octanol–water partition coefficient (Wildman–Crippen LogP) is 3.88. The zero-order valence-electron chi connectivity index (χ0n) is 20.5. The molecule has 0 unspecified atom stereocenters. The Morgan fingerprint density at radius 1 is 1.29 bits per heavy atom. The quantitative estimate of drug-likeness (QED) is 0.510. The molecular formula is C26H44N2O3. The highest BCUT2D eigenvalue weighted by atomic mass is 16.5. The fourth-order valence-electron chi connectivity index (χ4n) is 6.45. The third kappa shape index (κ3) is 5.09. The first-order valence-corrected chi connectivity index (χ1v) is 12.2. The number of fused-ring (bicyclic) bond motifs is 1. The number of ether oxygens (including phenoxy) is 1. The lowest BCUT2D eigenvalue weighted by Gasteiger charge is -2.53. The monoisotopic (exact) mass is 432 g/mol. The first-order chi connectivity index (χ1) is 14.6. The van der Waals surface area contributed by atoms with Crippen molar-refractivity contribution in [2.45, 2.75) is 84.6 Å².